The molecular weight excluding hydrogens is 242 g/mol. The molecule has 2 fully saturated rings. The molecule has 0 aromatic carbocycles. The van der Waals surface area contributed by atoms with Crippen molar-refractivity contribution >= 4 is 16.5 Å². The zero-order valence-electron chi connectivity index (χ0n) is 11.4. The summed E-state index contributed by atoms with van der Waals surface area (Å²) in [6.07, 6.45) is 6.60. The Balaban J connectivity index is 1.72. The minimum absolute atomic E-state index is 0.765. The highest BCUT2D eigenvalue weighted by Crippen LogP contribution is 2.44. The summed E-state index contributed by atoms with van der Waals surface area (Å²) in [4.78, 5) is 8.68. The second kappa shape index (κ2) is 5.17. The van der Waals surface area contributed by atoms with Crippen molar-refractivity contribution < 1.29 is 0 Å². The Morgan fingerprint density at radius 3 is 2.72 bits per heavy atom. The van der Waals surface area contributed by atoms with Gasteiger partial charge in [0, 0.05) is 37.0 Å². The molecule has 100 valence electrons. The van der Waals surface area contributed by atoms with Gasteiger partial charge < -0.3 is 10.2 Å². The zero-order chi connectivity index (χ0) is 12.5. The van der Waals surface area contributed by atoms with Crippen LogP contribution in [0.15, 0.2) is 0 Å². The Kier molecular flexibility index (Phi) is 3.57. The molecule has 0 spiro atoms. The molecule has 2 saturated carbocycles. The average molecular weight is 265 g/mol. The van der Waals surface area contributed by atoms with Gasteiger partial charge in [-0.25, -0.2) is 4.98 Å². The van der Waals surface area contributed by atoms with E-state index in [0.29, 0.717) is 0 Å². The highest BCUT2D eigenvalue weighted by Gasteiger charge is 2.30. The number of nitrogens with zero attached hydrogens (tertiary/aromatic N) is 2. The third kappa shape index (κ3) is 2.86. The van der Waals surface area contributed by atoms with Crippen LogP contribution in [0, 0.1) is 0 Å². The average Bonchev–Trinajstić information content (AvgIpc) is 3.26. The molecule has 0 bridgehead atoms. The molecule has 1 heterocycles. The van der Waals surface area contributed by atoms with Gasteiger partial charge in [0.15, 0.2) is 5.13 Å². The van der Waals surface area contributed by atoms with E-state index in [1.54, 1.807) is 0 Å². The Bertz CT molecular complexity index is 407. The molecule has 0 atom stereocenters. The van der Waals surface area contributed by atoms with E-state index in [2.05, 4.69) is 24.2 Å². The van der Waals surface area contributed by atoms with Gasteiger partial charge in [-0.15, -0.1) is 11.3 Å². The van der Waals surface area contributed by atoms with Crippen molar-refractivity contribution in [3.05, 3.63) is 10.6 Å². The van der Waals surface area contributed by atoms with Crippen molar-refractivity contribution in [3.63, 3.8) is 0 Å². The fourth-order valence-corrected chi connectivity index (χ4v) is 3.36. The predicted molar refractivity (Wildman–Crippen MR) is 77.5 cm³/mol. The maximum absolute atomic E-state index is 4.89. The molecule has 2 aliphatic rings. The van der Waals surface area contributed by atoms with Gasteiger partial charge in [0.25, 0.3) is 0 Å². The summed E-state index contributed by atoms with van der Waals surface area (Å²) in [5, 5.41) is 4.85. The highest BCUT2D eigenvalue weighted by atomic mass is 32.1. The Labute approximate surface area is 114 Å². The minimum Gasteiger partial charge on any atom is -0.351 e. The Morgan fingerprint density at radius 2 is 2.11 bits per heavy atom. The zero-order valence-corrected chi connectivity index (χ0v) is 12.2. The molecule has 0 radical (unpaired) electrons. The van der Waals surface area contributed by atoms with Crippen LogP contribution in [0.2, 0.25) is 0 Å². The topological polar surface area (TPSA) is 28.2 Å². The second-order valence-electron chi connectivity index (χ2n) is 5.66. The van der Waals surface area contributed by atoms with Crippen LogP contribution in [0.3, 0.4) is 0 Å². The number of thiazole rings is 1. The van der Waals surface area contributed by atoms with Crippen molar-refractivity contribution in [2.45, 2.75) is 57.5 Å². The second-order valence-corrected chi connectivity index (χ2v) is 6.72. The van der Waals surface area contributed by atoms with Crippen LogP contribution in [0.1, 0.15) is 55.5 Å². The van der Waals surface area contributed by atoms with E-state index in [1.165, 1.54) is 47.8 Å². The van der Waals surface area contributed by atoms with E-state index in [1.807, 2.05) is 11.3 Å². The Morgan fingerprint density at radius 1 is 1.33 bits per heavy atom. The van der Waals surface area contributed by atoms with Gasteiger partial charge in [0.05, 0.1) is 5.69 Å². The van der Waals surface area contributed by atoms with Gasteiger partial charge in [-0.3, -0.25) is 0 Å². The van der Waals surface area contributed by atoms with E-state index in [0.717, 1.165) is 25.0 Å². The van der Waals surface area contributed by atoms with Crippen LogP contribution < -0.4 is 10.2 Å². The molecule has 0 aliphatic heterocycles. The largest absolute Gasteiger partial charge is 0.351 e. The number of aromatic nitrogens is 1. The first-order valence-electron chi connectivity index (χ1n) is 7.22. The molecule has 1 aromatic rings. The molecule has 2 aliphatic carbocycles. The predicted octanol–water partition coefficient (Wildman–Crippen LogP) is 3.12. The van der Waals surface area contributed by atoms with Gasteiger partial charge >= 0.3 is 0 Å². The lowest BCUT2D eigenvalue weighted by Crippen LogP contribution is -2.17. The summed E-state index contributed by atoms with van der Waals surface area (Å²) < 4.78 is 0. The van der Waals surface area contributed by atoms with Crippen LogP contribution in [0.5, 0.6) is 0 Å². The van der Waals surface area contributed by atoms with E-state index < -0.39 is 0 Å². The lowest BCUT2D eigenvalue weighted by Gasteiger charge is -2.13. The molecule has 1 aromatic heterocycles. The molecule has 0 saturated heterocycles. The van der Waals surface area contributed by atoms with Gasteiger partial charge in [-0.2, -0.15) is 0 Å². The molecular formula is C14H23N3S. The summed E-state index contributed by atoms with van der Waals surface area (Å²) in [6, 6.07) is 0.788. The van der Waals surface area contributed by atoms with Gasteiger partial charge in [0.2, 0.25) is 0 Å². The summed E-state index contributed by atoms with van der Waals surface area (Å²) in [6.45, 7) is 4.36. The first kappa shape index (κ1) is 12.4. The van der Waals surface area contributed by atoms with Crippen molar-refractivity contribution in [1.82, 2.24) is 10.3 Å². The fourth-order valence-electron chi connectivity index (χ4n) is 2.27. The number of nitrogens with one attached hydrogen (secondary N) is 1. The van der Waals surface area contributed by atoms with Gasteiger partial charge in [-0.05, 0) is 32.1 Å². The van der Waals surface area contributed by atoms with Crippen LogP contribution in [-0.2, 0) is 6.54 Å². The molecule has 18 heavy (non-hydrogen) atoms. The molecule has 0 amide bonds. The summed E-state index contributed by atoms with van der Waals surface area (Å²) in [5.41, 5.74) is 1.39. The van der Waals surface area contributed by atoms with Crippen LogP contribution >= 0.6 is 11.3 Å². The maximum Gasteiger partial charge on any atom is 0.185 e. The first-order chi connectivity index (χ1) is 8.78. The van der Waals surface area contributed by atoms with E-state index in [-0.39, 0.29) is 0 Å². The fraction of sp³-hybridized carbons (Fsp3) is 0.786. The summed E-state index contributed by atoms with van der Waals surface area (Å²) in [7, 11) is 2.16. The minimum atomic E-state index is 0.765. The number of hydrogen-bond acceptors (Lipinski definition) is 4. The van der Waals surface area contributed by atoms with Crippen molar-refractivity contribution in [3.8, 4) is 0 Å². The lowest BCUT2D eigenvalue weighted by atomic mass is 10.2. The standard InChI is InChI=1S/C14H23N3S/c1-3-8-17(2)14-16-13(10-4-5-10)12(18-14)9-15-11-6-7-11/h10-11,15H,3-9H2,1-2H3. The molecule has 4 heteroatoms. The normalized spacial score (nSPS) is 19.2. The molecule has 3 nitrogen and oxygen atoms in total. The molecule has 1 N–H and O–H groups in total. The number of hydrogen-bond donors (Lipinski definition) is 1. The maximum atomic E-state index is 4.89. The van der Waals surface area contributed by atoms with Gasteiger partial charge in [0.1, 0.15) is 0 Å². The SMILES string of the molecule is CCCN(C)c1nc(C2CC2)c(CNC2CC2)s1. The first-order valence-corrected chi connectivity index (χ1v) is 8.03. The van der Waals surface area contributed by atoms with Crippen molar-refractivity contribution in [2.75, 3.05) is 18.5 Å². The number of anilines is 1. The highest BCUT2D eigenvalue weighted by molar-refractivity contribution is 7.15. The summed E-state index contributed by atoms with van der Waals surface area (Å²) in [5.74, 6) is 0.765. The van der Waals surface area contributed by atoms with Crippen LogP contribution in [0.4, 0.5) is 5.13 Å². The molecule has 0 unspecified atom stereocenters. The third-order valence-electron chi connectivity index (χ3n) is 3.69. The van der Waals surface area contributed by atoms with Crippen molar-refractivity contribution in [2.24, 2.45) is 0 Å². The smallest absolute Gasteiger partial charge is 0.185 e. The van der Waals surface area contributed by atoms with Gasteiger partial charge in [-0.1, -0.05) is 6.92 Å². The quantitative estimate of drug-likeness (QED) is 0.821. The third-order valence-corrected chi connectivity index (χ3v) is 4.88. The van der Waals surface area contributed by atoms with E-state index in [9.17, 15) is 0 Å². The van der Waals surface area contributed by atoms with E-state index in [4.69, 9.17) is 4.98 Å². The lowest BCUT2D eigenvalue weighted by molar-refractivity contribution is 0.688. The number of rotatable bonds is 7. The van der Waals surface area contributed by atoms with Crippen molar-refractivity contribution in [1.29, 1.82) is 0 Å². The van der Waals surface area contributed by atoms with E-state index >= 15 is 0 Å². The van der Waals surface area contributed by atoms with Crippen LogP contribution in [-0.4, -0.2) is 24.6 Å². The Hall–Kier alpha value is -0.610. The van der Waals surface area contributed by atoms with Crippen LogP contribution in [0.25, 0.3) is 0 Å². The molecule has 3 rings (SSSR count). The monoisotopic (exact) mass is 265 g/mol. The summed E-state index contributed by atoms with van der Waals surface area (Å²) >= 11 is 1.90.